The molecule has 0 saturated heterocycles. The van der Waals surface area contributed by atoms with Crippen LogP contribution in [0.4, 0.5) is 0 Å². The molecule has 0 heterocycles. The van der Waals surface area contributed by atoms with Gasteiger partial charge in [0.2, 0.25) is 0 Å². The van der Waals surface area contributed by atoms with E-state index in [9.17, 15) is 5.11 Å². The van der Waals surface area contributed by atoms with Gasteiger partial charge < -0.3 is 15.6 Å². The van der Waals surface area contributed by atoms with E-state index < -0.39 is 6.10 Å². The second-order valence-electron chi connectivity index (χ2n) is 4.03. The fourth-order valence-electron chi connectivity index (χ4n) is 1.61. The number of methoxy groups -OCH3 is 1. The molecule has 4 heteroatoms. The Hall–Kier alpha value is -0.580. The molecule has 1 rings (SSSR count). The largest absolute Gasteiger partial charge is 0.495 e. The van der Waals surface area contributed by atoms with Crippen LogP contribution in [0.1, 0.15) is 37.0 Å². The molecule has 1 aromatic carbocycles. The van der Waals surface area contributed by atoms with Gasteiger partial charge in [-0.05, 0) is 45.1 Å². The molecule has 3 nitrogen and oxygen atoms in total. The molecule has 16 heavy (non-hydrogen) atoms. The van der Waals surface area contributed by atoms with E-state index in [2.05, 4.69) is 29.8 Å². The summed E-state index contributed by atoms with van der Waals surface area (Å²) in [5.41, 5.74) is 7.34. The normalized spacial score (nSPS) is 12.9. The average molecular weight is 288 g/mol. The van der Waals surface area contributed by atoms with Gasteiger partial charge in [0.15, 0.2) is 0 Å². The first-order valence-corrected chi connectivity index (χ1v) is 6.06. The number of benzene rings is 1. The van der Waals surface area contributed by atoms with Gasteiger partial charge in [0.05, 0.1) is 17.7 Å². The van der Waals surface area contributed by atoms with Crippen LogP contribution < -0.4 is 10.5 Å². The zero-order chi connectivity index (χ0) is 12.3. The standard InChI is InChI=1S/C12H18BrNO2/c1-7(2)9-4-8(11(15)6-14)5-10(13)12(9)16-3/h4-5,7,11,15H,6,14H2,1-3H3. The number of hydrogen-bond acceptors (Lipinski definition) is 3. The Balaban J connectivity index is 3.28. The Bertz CT molecular complexity index is 366. The van der Waals surface area contributed by atoms with Crippen LogP contribution in [0.5, 0.6) is 5.75 Å². The van der Waals surface area contributed by atoms with Gasteiger partial charge >= 0.3 is 0 Å². The van der Waals surface area contributed by atoms with Crippen LogP contribution in [-0.2, 0) is 0 Å². The highest BCUT2D eigenvalue weighted by atomic mass is 79.9. The zero-order valence-corrected chi connectivity index (χ0v) is 11.4. The van der Waals surface area contributed by atoms with Crippen LogP contribution in [0.2, 0.25) is 0 Å². The van der Waals surface area contributed by atoms with Crippen LogP contribution in [0.15, 0.2) is 16.6 Å². The topological polar surface area (TPSA) is 55.5 Å². The quantitative estimate of drug-likeness (QED) is 0.895. The number of aliphatic hydroxyl groups is 1. The highest BCUT2D eigenvalue weighted by molar-refractivity contribution is 9.10. The van der Waals surface area contributed by atoms with E-state index >= 15 is 0 Å². The summed E-state index contributed by atoms with van der Waals surface area (Å²) in [7, 11) is 1.64. The van der Waals surface area contributed by atoms with E-state index in [1.165, 1.54) is 0 Å². The molecule has 0 spiro atoms. The molecule has 0 radical (unpaired) electrons. The van der Waals surface area contributed by atoms with Gasteiger partial charge in [0, 0.05) is 6.54 Å². The van der Waals surface area contributed by atoms with Crippen LogP contribution >= 0.6 is 15.9 Å². The maximum atomic E-state index is 9.74. The van der Waals surface area contributed by atoms with Crippen molar-refractivity contribution in [3.63, 3.8) is 0 Å². The third kappa shape index (κ3) is 2.75. The van der Waals surface area contributed by atoms with E-state index in [1.54, 1.807) is 7.11 Å². The monoisotopic (exact) mass is 287 g/mol. The minimum Gasteiger partial charge on any atom is -0.495 e. The van der Waals surface area contributed by atoms with Crippen LogP contribution in [0.25, 0.3) is 0 Å². The summed E-state index contributed by atoms with van der Waals surface area (Å²) in [6, 6.07) is 3.80. The summed E-state index contributed by atoms with van der Waals surface area (Å²) in [4.78, 5) is 0. The zero-order valence-electron chi connectivity index (χ0n) is 9.83. The molecule has 0 bridgehead atoms. The molecule has 0 aliphatic heterocycles. The molecule has 0 saturated carbocycles. The van der Waals surface area contributed by atoms with E-state index in [-0.39, 0.29) is 6.54 Å². The van der Waals surface area contributed by atoms with E-state index in [0.717, 1.165) is 21.3 Å². The van der Waals surface area contributed by atoms with Crippen molar-refractivity contribution in [2.24, 2.45) is 5.73 Å². The summed E-state index contributed by atoms with van der Waals surface area (Å²) < 4.78 is 6.20. The first kappa shape index (κ1) is 13.5. The van der Waals surface area contributed by atoms with Crippen LogP contribution in [0, 0.1) is 0 Å². The summed E-state index contributed by atoms with van der Waals surface area (Å²) >= 11 is 3.45. The molecule has 1 unspecified atom stereocenters. The summed E-state index contributed by atoms with van der Waals surface area (Å²) in [6.45, 7) is 4.39. The van der Waals surface area contributed by atoms with E-state index in [1.807, 2.05) is 12.1 Å². The van der Waals surface area contributed by atoms with Gasteiger partial charge in [-0.2, -0.15) is 0 Å². The van der Waals surface area contributed by atoms with Crippen molar-refractivity contribution in [1.82, 2.24) is 0 Å². The molecule has 1 aromatic rings. The van der Waals surface area contributed by atoms with Crippen LogP contribution in [0.3, 0.4) is 0 Å². The lowest BCUT2D eigenvalue weighted by atomic mass is 9.97. The molecule has 90 valence electrons. The summed E-state index contributed by atoms with van der Waals surface area (Å²) in [5, 5.41) is 9.74. The van der Waals surface area contributed by atoms with E-state index in [4.69, 9.17) is 10.5 Å². The first-order chi connectivity index (χ1) is 7.51. The average Bonchev–Trinajstić information content (AvgIpc) is 2.26. The van der Waals surface area contributed by atoms with Gasteiger partial charge in [0.1, 0.15) is 5.75 Å². The van der Waals surface area contributed by atoms with E-state index in [0.29, 0.717) is 5.92 Å². The van der Waals surface area contributed by atoms with Crippen molar-refractivity contribution in [2.45, 2.75) is 25.9 Å². The molecule has 0 aliphatic carbocycles. The number of ether oxygens (including phenoxy) is 1. The lowest BCUT2D eigenvalue weighted by Gasteiger charge is -2.17. The molecule has 1 atom stereocenters. The predicted molar refractivity (Wildman–Crippen MR) is 68.8 cm³/mol. The van der Waals surface area contributed by atoms with Gasteiger partial charge in [-0.1, -0.05) is 13.8 Å². The lowest BCUT2D eigenvalue weighted by Crippen LogP contribution is -2.12. The maximum Gasteiger partial charge on any atom is 0.136 e. The van der Waals surface area contributed by atoms with Crippen molar-refractivity contribution in [1.29, 1.82) is 0 Å². The highest BCUT2D eigenvalue weighted by Gasteiger charge is 2.15. The third-order valence-corrected chi connectivity index (χ3v) is 3.12. The second kappa shape index (κ2) is 5.66. The first-order valence-electron chi connectivity index (χ1n) is 5.26. The molecule has 0 aliphatic rings. The third-order valence-electron chi connectivity index (χ3n) is 2.53. The Morgan fingerprint density at radius 3 is 2.50 bits per heavy atom. The number of aliphatic hydroxyl groups excluding tert-OH is 1. The molecule has 3 N–H and O–H groups in total. The number of nitrogens with two attached hydrogens (primary N) is 1. The van der Waals surface area contributed by atoms with Crippen molar-refractivity contribution < 1.29 is 9.84 Å². The van der Waals surface area contributed by atoms with Gasteiger partial charge in [0.25, 0.3) is 0 Å². The lowest BCUT2D eigenvalue weighted by molar-refractivity contribution is 0.186. The minimum atomic E-state index is -0.625. The molecular weight excluding hydrogens is 270 g/mol. The molecule has 0 fully saturated rings. The van der Waals surface area contributed by atoms with Crippen molar-refractivity contribution in [3.8, 4) is 5.75 Å². The minimum absolute atomic E-state index is 0.219. The second-order valence-corrected chi connectivity index (χ2v) is 4.89. The van der Waals surface area contributed by atoms with Crippen molar-refractivity contribution >= 4 is 15.9 Å². The Labute approximate surface area is 105 Å². The Morgan fingerprint density at radius 2 is 2.06 bits per heavy atom. The van der Waals surface area contributed by atoms with Crippen molar-refractivity contribution in [3.05, 3.63) is 27.7 Å². The number of rotatable bonds is 4. The summed E-state index contributed by atoms with van der Waals surface area (Å²) in [5.74, 6) is 1.15. The SMILES string of the molecule is COc1c(Br)cc(C(O)CN)cc1C(C)C. The molecular formula is C12H18BrNO2. The fourth-order valence-corrected chi connectivity index (χ4v) is 2.26. The molecule has 0 amide bonds. The fraction of sp³-hybridized carbons (Fsp3) is 0.500. The number of hydrogen-bond donors (Lipinski definition) is 2. The Morgan fingerprint density at radius 1 is 1.44 bits per heavy atom. The van der Waals surface area contributed by atoms with Gasteiger partial charge in [-0.15, -0.1) is 0 Å². The highest BCUT2D eigenvalue weighted by Crippen LogP contribution is 2.36. The predicted octanol–water partition coefficient (Wildman–Crippen LogP) is 2.57. The summed E-state index contributed by atoms with van der Waals surface area (Å²) in [6.07, 6.45) is -0.625. The van der Waals surface area contributed by atoms with Crippen molar-refractivity contribution in [2.75, 3.05) is 13.7 Å². The van der Waals surface area contributed by atoms with Gasteiger partial charge in [-0.25, -0.2) is 0 Å². The maximum absolute atomic E-state index is 9.74. The number of halogens is 1. The Kier molecular flexibility index (Phi) is 4.77. The van der Waals surface area contributed by atoms with Crippen LogP contribution in [-0.4, -0.2) is 18.8 Å². The van der Waals surface area contributed by atoms with Gasteiger partial charge in [-0.3, -0.25) is 0 Å². The smallest absolute Gasteiger partial charge is 0.136 e. The molecule has 0 aromatic heterocycles.